The first-order valence-electron chi connectivity index (χ1n) is 5.98. The van der Waals surface area contributed by atoms with E-state index in [4.69, 9.17) is 5.73 Å². The summed E-state index contributed by atoms with van der Waals surface area (Å²) in [5.74, 6) is 0.148. The van der Waals surface area contributed by atoms with E-state index in [1.807, 2.05) is 30.3 Å². The van der Waals surface area contributed by atoms with Crippen LogP contribution in [0.15, 0.2) is 59.5 Å². The number of halogens is 1. The Kier molecular flexibility index (Phi) is 4.58. The summed E-state index contributed by atoms with van der Waals surface area (Å²) in [6.07, 6.45) is 0. The Labute approximate surface area is 116 Å². The van der Waals surface area contributed by atoms with Crippen molar-refractivity contribution < 1.29 is 9.50 Å². The number of hydrogen-bond acceptors (Lipinski definition) is 3. The molecule has 0 aliphatic heterocycles. The Hall–Kier alpha value is -1.36. The maximum absolute atomic E-state index is 13.5. The van der Waals surface area contributed by atoms with E-state index in [1.54, 1.807) is 18.2 Å². The second-order valence-corrected chi connectivity index (χ2v) is 5.42. The van der Waals surface area contributed by atoms with Gasteiger partial charge in [0.2, 0.25) is 0 Å². The van der Waals surface area contributed by atoms with E-state index in [-0.39, 0.29) is 12.4 Å². The topological polar surface area (TPSA) is 46.2 Å². The van der Waals surface area contributed by atoms with E-state index < -0.39 is 5.54 Å². The molecule has 0 radical (unpaired) electrons. The molecule has 0 saturated heterocycles. The summed E-state index contributed by atoms with van der Waals surface area (Å²) in [4.78, 5) is 0.543. The van der Waals surface area contributed by atoms with Crippen molar-refractivity contribution in [3.8, 4) is 0 Å². The van der Waals surface area contributed by atoms with Gasteiger partial charge in [-0.05, 0) is 17.7 Å². The molecule has 19 heavy (non-hydrogen) atoms. The smallest absolute Gasteiger partial charge is 0.136 e. The van der Waals surface area contributed by atoms with E-state index in [1.165, 1.54) is 17.8 Å². The molecule has 0 aliphatic rings. The molecule has 0 heterocycles. The third kappa shape index (κ3) is 3.35. The first-order chi connectivity index (χ1) is 9.15. The Morgan fingerprint density at radius 2 is 1.68 bits per heavy atom. The molecule has 2 aromatic carbocycles. The standard InChI is InChI=1S/C15H16FNOS/c16-13-8-4-5-9-14(13)19-11-15(17,10-18)12-6-2-1-3-7-12/h1-9,18H,10-11,17H2. The van der Waals surface area contributed by atoms with Gasteiger partial charge in [-0.1, -0.05) is 42.5 Å². The van der Waals surface area contributed by atoms with Crippen LogP contribution in [0.1, 0.15) is 5.56 Å². The molecule has 0 spiro atoms. The number of nitrogens with two attached hydrogens (primary N) is 1. The van der Waals surface area contributed by atoms with Crippen molar-refractivity contribution in [2.45, 2.75) is 10.4 Å². The molecule has 100 valence electrons. The summed E-state index contributed by atoms with van der Waals surface area (Å²) in [5, 5.41) is 9.55. The number of aliphatic hydroxyl groups is 1. The Balaban J connectivity index is 2.14. The lowest BCUT2D eigenvalue weighted by atomic mass is 9.94. The third-order valence-electron chi connectivity index (χ3n) is 2.95. The van der Waals surface area contributed by atoms with Gasteiger partial charge in [0.05, 0.1) is 12.1 Å². The van der Waals surface area contributed by atoms with Crippen LogP contribution in [0.3, 0.4) is 0 Å². The van der Waals surface area contributed by atoms with Gasteiger partial charge in [0.25, 0.3) is 0 Å². The highest BCUT2D eigenvalue weighted by atomic mass is 32.2. The number of thioether (sulfide) groups is 1. The zero-order valence-corrected chi connectivity index (χ0v) is 11.2. The molecule has 1 atom stereocenters. The van der Waals surface area contributed by atoms with Gasteiger partial charge in [-0.15, -0.1) is 11.8 Å². The van der Waals surface area contributed by atoms with Crippen LogP contribution in [0.4, 0.5) is 4.39 Å². The Bertz CT molecular complexity index is 535. The molecule has 0 amide bonds. The van der Waals surface area contributed by atoms with Gasteiger partial charge in [-0.25, -0.2) is 4.39 Å². The van der Waals surface area contributed by atoms with E-state index >= 15 is 0 Å². The van der Waals surface area contributed by atoms with Crippen molar-refractivity contribution in [3.05, 3.63) is 66.0 Å². The number of benzene rings is 2. The summed E-state index contributed by atoms with van der Waals surface area (Å²) < 4.78 is 13.5. The van der Waals surface area contributed by atoms with Crippen LogP contribution in [0.2, 0.25) is 0 Å². The average Bonchev–Trinajstić information content (AvgIpc) is 2.47. The van der Waals surface area contributed by atoms with Crippen LogP contribution in [-0.4, -0.2) is 17.5 Å². The minimum Gasteiger partial charge on any atom is -0.394 e. The van der Waals surface area contributed by atoms with Gasteiger partial charge in [-0.2, -0.15) is 0 Å². The van der Waals surface area contributed by atoms with Crippen molar-refractivity contribution in [1.82, 2.24) is 0 Å². The first-order valence-corrected chi connectivity index (χ1v) is 6.97. The molecule has 2 nitrogen and oxygen atoms in total. The van der Waals surface area contributed by atoms with Crippen LogP contribution in [0.5, 0.6) is 0 Å². The fraction of sp³-hybridized carbons (Fsp3) is 0.200. The van der Waals surface area contributed by atoms with E-state index in [0.29, 0.717) is 10.6 Å². The lowest BCUT2D eigenvalue weighted by Gasteiger charge is -2.27. The molecule has 2 aromatic rings. The summed E-state index contributed by atoms with van der Waals surface area (Å²) in [5.41, 5.74) is 6.20. The Morgan fingerprint density at radius 1 is 1.05 bits per heavy atom. The van der Waals surface area contributed by atoms with Gasteiger partial charge in [0.15, 0.2) is 0 Å². The minimum atomic E-state index is -0.867. The molecular weight excluding hydrogens is 261 g/mol. The molecule has 0 aliphatic carbocycles. The lowest BCUT2D eigenvalue weighted by Crippen LogP contribution is -2.43. The van der Waals surface area contributed by atoms with Gasteiger partial charge < -0.3 is 10.8 Å². The monoisotopic (exact) mass is 277 g/mol. The van der Waals surface area contributed by atoms with Crippen LogP contribution in [0, 0.1) is 5.82 Å². The largest absolute Gasteiger partial charge is 0.394 e. The highest BCUT2D eigenvalue weighted by Crippen LogP contribution is 2.29. The highest BCUT2D eigenvalue weighted by Gasteiger charge is 2.26. The number of rotatable bonds is 5. The fourth-order valence-corrected chi connectivity index (χ4v) is 2.81. The fourth-order valence-electron chi connectivity index (χ4n) is 1.76. The van der Waals surface area contributed by atoms with Gasteiger partial charge in [0.1, 0.15) is 5.82 Å². The van der Waals surface area contributed by atoms with Crippen LogP contribution in [-0.2, 0) is 5.54 Å². The predicted molar refractivity (Wildman–Crippen MR) is 76.5 cm³/mol. The van der Waals surface area contributed by atoms with Crippen molar-refractivity contribution in [1.29, 1.82) is 0 Å². The van der Waals surface area contributed by atoms with Gasteiger partial charge >= 0.3 is 0 Å². The lowest BCUT2D eigenvalue weighted by molar-refractivity contribution is 0.213. The van der Waals surface area contributed by atoms with Crippen LogP contribution < -0.4 is 5.73 Å². The second kappa shape index (κ2) is 6.19. The normalized spacial score (nSPS) is 14.1. The zero-order chi connectivity index (χ0) is 13.7. The van der Waals surface area contributed by atoms with Gasteiger partial charge in [-0.3, -0.25) is 0 Å². The van der Waals surface area contributed by atoms with E-state index in [2.05, 4.69) is 0 Å². The molecule has 2 rings (SSSR count). The molecular formula is C15H16FNOS. The maximum Gasteiger partial charge on any atom is 0.136 e. The SMILES string of the molecule is NC(CO)(CSc1ccccc1F)c1ccccc1. The minimum absolute atomic E-state index is 0.182. The Morgan fingerprint density at radius 3 is 2.32 bits per heavy atom. The van der Waals surface area contributed by atoms with Crippen LogP contribution in [0.25, 0.3) is 0 Å². The van der Waals surface area contributed by atoms with Crippen molar-refractivity contribution >= 4 is 11.8 Å². The number of hydrogen-bond donors (Lipinski definition) is 2. The van der Waals surface area contributed by atoms with Crippen molar-refractivity contribution in [2.75, 3.05) is 12.4 Å². The molecule has 0 fully saturated rings. The van der Waals surface area contributed by atoms with Crippen molar-refractivity contribution in [2.24, 2.45) is 5.73 Å². The van der Waals surface area contributed by atoms with Gasteiger partial charge in [0, 0.05) is 10.6 Å². The molecule has 1 unspecified atom stereocenters. The summed E-state index contributed by atoms with van der Waals surface area (Å²) in [7, 11) is 0. The summed E-state index contributed by atoms with van der Waals surface area (Å²) in [6.45, 7) is -0.182. The molecule has 0 aromatic heterocycles. The summed E-state index contributed by atoms with van der Waals surface area (Å²) >= 11 is 1.31. The summed E-state index contributed by atoms with van der Waals surface area (Å²) in [6, 6.07) is 16.0. The highest BCUT2D eigenvalue weighted by molar-refractivity contribution is 7.99. The predicted octanol–water partition coefficient (Wildman–Crippen LogP) is 2.76. The zero-order valence-electron chi connectivity index (χ0n) is 10.4. The molecule has 0 bridgehead atoms. The molecule has 0 saturated carbocycles. The van der Waals surface area contributed by atoms with E-state index in [9.17, 15) is 9.50 Å². The van der Waals surface area contributed by atoms with Crippen LogP contribution >= 0.6 is 11.8 Å². The first kappa shape index (κ1) is 14.1. The van der Waals surface area contributed by atoms with E-state index in [0.717, 1.165) is 5.56 Å². The second-order valence-electron chi connectivity index (χ2n) is 4.40. The molecule has 3 N–H and O–H groups in total. The quantitative estimate of drug-likeness (QED) is 0.826. The van der Waals surface area contributed by atoms with Crippen molar-refractivity contribution in [3.63, 3.8) is 0 Å². The third-order valence-corrected chi connectivity index (χ3v) is 4.25. The number of aliphatic hydroxyl groups excluding tert-OH is 1. The maximum atomic E-state index is 13.5. The average molecular weight is 277 g/mol. The molecule has 4 heteroatoms.